The summed E-state index contributed by atoms with van der Waals surface area (Å²) in [7, 11) is 1.61. The number of rotatable bonds is 7. The highest BCUT2D eigenvalue weighted by atomic mass is 16.5. The van der Waals surface area contributed by atoms with Gasteiger partial charge in [-0.3, -0.25) is 9.78 Å². The van der Waals surface area contributed by atoms with Crippen molar-refractivity contribution in [1.29, 1.82) is 5.26 Å². The first-order valence-corrected chi connectivity index (χ1v) is 7.81. The molecule has 0 bridgehead atoms. The Morgan fingerprint density at radius 3 is 2.72 bits per heavy atom. The van der Waals surface area contributed by atoms with E-state index in [1.165, 1.54) is 6.20 Å². The Labute approximate surface area is 147 Å². The van der Waals surface area contributed by atoms with Crippen molar-refractivity contribution in [3.8, 4) is 11.8 Å². The highest BCUT2D eigenvalue weighted by Crippen LogP contribution is 2.17. The first-order valence-electron chi connectivity index (χ1n) is 7.81. The fourth-order valence-electron chi connectivity index (χ4n) is 2.13. The van der Waals surface area contributed by atoms with E-state index < -0.39 is 5.91 Å². The number of pyridine rings is 1. The molecule has 0 aliphatic heterocycles. The Kier molecular flexibility index (Phi) is 6.55. The fourth-order valence-corrected chi connectivity index (χ4v) is 2.13. The van der Waals surface area contributed by atoms with Crippen molar-refractivity contribution >= 4 is 5.91 Å². The summed E-state index contributed by atoms with van der Waals surface area (Å²) in [6.07, 6.45) is 4.77. The van der Waals surface area contributed by atoms with Crippen LogP contribution in [0, 0.1) is 11.3 Å². The minimum absolute atomic E-state index is 0.0178. The monoisotopic (exact) mass is 336 g/mol. The molecule has 25 heavy (non-hydrogen) atoms. The first-order chi connectivity index (χ1) is 12.1. The highest BCUT2D eigenvalue weighted by molar-refractivity contribution is 5.97. The first kappa shape index (κ1) is 18.0. The standard InChI is InChI=1S/C19H20N4O2/c1-14(16-5-7-18(25-2)8-6-16)22-13-17(10-20)19(24)23-12-15-4-3-9-21-11-15/h3-9,11,13-14,22H,12H2,1-2H3,(H,23,24)/b17-13-. The zero-order chi connectivity index (χ0) is 18.1. The molecule has 128 valence electrons. The summed E-state index contributed by atoms with van der Waals surface area (Å²) in [5, 5.41) is 15.0. The second-order valence-electron chi connectivity index (χ2n) is 5.38. The number of aromatic nitrogens is 1. The summed E-state index contributed by atoms with van der Waals surface area (Å²) in [5.41, 5.74) is 1.90. The van der Waals surface area contributed by atoms with Gasteiger partial charge in [0, 0.05) is 31.2 Å². The summed E-state index contributed by atoms with van der Waals surface area (Å²) >= 11 is 0. The van der Waals surface area contributed by atoms with Crippen molar-refractivity contribution in [2.75, 3.05) is 7.11 Å². The van der Waals surface area contributed by atoms with Crippen molar-refractivity contribution in [2.45, 2.75) is 19.5 Å². The molecule has 1 unspecified atom stereocenters. The average Bonchev–Trinajstić information content (AvgIpc) is 2.67. The Bertz CT molecular complexity index is 764. The Balaban J connectivity index is 1.94. The third kappa shape index (κ3) is 5.36. The molecule has 6 nitrogen and oxygen atoms in total. The zero-order valence-corrected chi connectivity index (χ0v) is 14.2. The molecule has 0 spiro atoms. The maximum Gasteiger partial charge on any atom is 0.263 e. The third-order valence-corrected chi connectivity index (χ3v) is 3.63. The molecule has 0 aliphatic carbocycles. The van der Waals surface area contributed by atoms with E-state index in [0.717, 1.165) is 16.9 Å². The molecule has 0 saturated carbocycles. The molecule has 1 amide bonds. The predicted molar refractivity (Wildman–Crippen MR) is 94.3 cm³/mol. The van der Waals surface area contributed by atoms with Gasteiger partial charge in [-0.15, -0.1) is 0 Å². The number of carbonyl (C=O) groups is 1. The molecule has 1 aromatic heterocycles. The van der Waals surface area contributed by atoms with Crippen LogP contribution in [0.15, 0.2) is 60.6 Å². The Morgan fingerprint density at radius 1 is 1.36 bits per heavy atom. The van der Waals surface area contributed by atoms with Crippen molar-refractivity contribution < 1.29 is 9.53 Å². The lowest BCUT2D eigenvalue weighted by atomic mass is 10.1. The molecule has 0 radical (unpaired) electrons. The molecule has 0 aliphatic rings. The number of carbonyl (C=O) groups excluding carboxylic acids is 1. The zero-order valence-electron chi connectivity index (χ0n) is 14.2. The fraction of sp³-hybridized carbons (Fsp3) is 0.211. The van der Waals surface area contributed by atoms with E-state index in [4.69, 9.17) is 4.74 Å². The van der Waals surface area contributed by atoms with Gasteiger partial charge in [0.1, 0.15) is 17.4 Å². The van der Waals surface area contributed by atoms with E-state index in [9.17, 15) is 10.1 Å². The van der Waals surface area contributed by atoms with Crippen molar-refractivity contribution in [3.63, 3.8) is 0 Å². The quantitative estimate of drug-likeness (QED) is 0.599. The van der Waals surface area contributed by atoms with E-state index in [0.29, 0.717) is 6.54 Å². The number of nitrogens with one attached hydrogen (secondary N) is 2. The number of nitriles is 1. The van der Waals surface area contributed by atoms with Crippen LogP contribution >= 0.6 is 0 Å². The topological polar surface area (TPSA) is 87.0 Å². The van der Waals surface area contributed by atoms with Crippen molar-refractivity contribution in [2.24, 2.45) is 0 Å². The van der Waals surface area contributed by atoms with E-state index >= 15 is 0 Å². The van der Waals surface area contributed by atoms with Crippen molar-refractivity contribution in [3.05, 3.63) is 71.7 Å². The molecule has 0 fully saturated rings. The molecule has 1 heterocycles. The van der Waals surface area contributed by atoms with Crippen LogP contribution in [0.2, 0.25) is 0 Å². The van der Waals surface area contributed by atoms with Gasteiger partial charge in [0.05, 0.1) is 7.11 Å². The number of hydrogen-bond donors (Lipinski definition) is 2. The summed E-state index contributed by atoms with van der Waals surface area (Å²) in [4.78, 5) is 16.1. The van der Waals surface area contributed by atoms with Crippen LogP contribution in [0.1, 0.15) is 24.1 Å². The van der Waals surface area contributed by atoms with Gasteiger partial charge < -0.3 is 15.4 Å². The number of hydrogen-bond acceptors (Lipinski definition) is 5. The van der Waals surface area contributed by atoms with Gasteiger partial charge in [-0.2, -0.15) is 5.26 Å². The van der Waals surface area contributed by atoms with Crippen LogP contribution in [0.25, 0.3) is 0 Å². The number of methoxy groups -OCH3 is 1. The average molecular weight is 336 g/mol. The number of benzene rings is 1. The van der Waals surface area contributed by atoms with Crippen LogP contribution in [-0.2, 0) is 11.3 Å². The molecular weight excluding hydrogens is 316 g/mol. The normalized spacial score (nSPS) is 12.0. The van der Waals surface area contributed by atoms with Crippen molar-refractivity contribution in [1.82, 2.24) is 15.6 Å². The summed E-state index contributed by atoms with van der Waals surface area (Å²) < 4.78 is 5.13. The lowest BCUT2D eigenvalue weighted by Gasteiger charge is -2.13. The predicted octanol–water partition coefficient (Wildman–Crippen LogP) is 2.46. The second kappa shape index (κ2) is 9.08. The highest BCUT2D eigenvalue weighted by Gasteiger charge is 2.10. The van der Waals surface area contributed by atoms with Crippen LogP contribution in [-0.4, -0.2) is 18.0 Å². The van der Waals surface area contributed by atoms with E-state index in [1.54, 1.807) is 25.6 Å². The smallest absolute Gasteiger partial charge is 0.263 e. The van der Waals surface area contributed by atoms with Crippen LogP contribution in [0.3, 0.4) is 0 Å². The maximum absolute atomic E-state index is 12.1. The summed E-state index contributed by atoms with van der Waals surface area (Å²) in [6.45, 7) is 2.26. The largest absolute Gasteiger partial charge is 0.497 e. The van der Waals surface area contributed by atoms with Gasteiger partial charge in [-0.05, 0) is 36.2 Å². The van der Waals surface area contributed by atoms with Gasteiger partial charge in [0.2, 0.25) is 0 Å². The Hall–Kier alpha value is -3.33. The summed E-state index contributed by atoms with van der Waals surface area (Å²) in [5.74, 6) is 0.347. The molecule has 2 aromatic rings. The Morgan fingerprint density at radius 2 is 2.12 bits per heavy atom. The second-order valence-corrected chi connectivity index (χ2v) is 5.38. The maximum atomic E-state index is 12.1. The minimum atomic E-state index is -0.430. The van der Waals surface area contributed by atoms with E-state index in [-0.39, 0.29) is 11.6 Å². The molecule has 6 heteroatoms. The van der Waals surface area contributed by atoms with Crippen LogP contribution in [0.4, 0.5) is 0 Å². The van der Waals surface area contributed by atoms with E-state index in [1.807, 2.05) is 43.3 Å². The molecule has 2 rings (SSSR count). The lowest BCUT2D eigenvalue weighted by Crippen LogP contribution is -2.25. The number of ether oxygens (including phenoxy) is 1. The van der Waals surface area contributed by atoms with Crippen LogP contribution < -0.4 is 15.4 Å². The molecule has 2 N–H and O–H groups in total. The lowest BCUT2D eigenvalue weighted by molar-refractivity contribution is -0.117. The number of amides is 1. The molecule has 0 saturated heterocycles. The van der Waals surface area contributed by atoms with Crippen LogP contribution in [0.5, 0.6) is 5.75 Å². The molecule has 1 aromatic carbocycles. The minimum Gasteiger partial charge on any atom is -0.497 e. The van der Waals surface area contributed by atoms with Gasteiger partial charge in [0.15, 0.2) is 0 Å². The summed E-state index contributed by atoms with van der Waals surface area (Å²) in [6, 6.07) is 13.1. The molecule has 1 atom stereocenters. The van der Waals surface area contributed by atoms with Gasteiger partial charge in [-0.1, -0.05) is 18.2 Å². The van der Waals surface area contributed by atoms with Gasteiger partial charge in [0.25, 0.3) is 5.91 Å². The number of nitrogens with zero attached hydrogens (tertiary/aromatic N) is 2. The van der Waals surface area contributed by atoms with Gasteiger partial charge >= 0.3 is 0 Å². The van der Waals surface area contributed by atoms with Gasteiger partial charge in [-0.25, -0.2) is 0 Å². The van der Waals surface area contributed by atoms with E-state index in [2.05, 4.69) is 15.6 Å². The SMILES string of the molecule is COc1ccc(C(C)N/C=C(/C#N)C(=O)NCc2cccnc2)cc1. The molecular formula is C19H20N4O2. The third-order valence-electron chi connectivity index (χ3n) is 3.63.